The maximum Gasteiger partial charge on any atom is 0.185 e. The first-order valence-electron chi connectivity index (χ1n) is 7.10. The van der Waals surface area contributed by atoms with Crippen LogP contribution in [0.25, 0.3) is 6.08 Å². The average molecular weight is 296 g/mol. The lowest BCUT2D eigenvalue weighted by Crippen LogP contribution is -2.20. The summed E-state index contributed by atoms with van der Waals surface area (Å²) in [6, 6.07) is 14.7. The van der Waals surface area contributed by atoms with E-state index in [0.29, 0.717) is 17.8 Å². The van der Waals surface area contributed by atoms with Gasteiger partial charge in [-0.2, -0.15) is 0 Å². The van der Waals surface area contributed by atoms with Crippen molar-refractivity contribution in [2.75, 3.05) is 30.8 Å². The van der Waals surface area contributed by atoms with Gasteiger partial charge in [0, 0.05) is 30.5 Å². The van der Waals surface area contributed by atoms with Crippen molar-refractivity contribution in [2.45, 2.75) is 0 Å². The number of aliphatic hydroxyl groups excluding tert-OH is 1. The number of likely N-dealkylation sites (N-methyl/N-ethyl adjacent to an activating group) is 1. The third kappa shape index (κ3) is 4.20. The number of carbonyl (C=O) groups excluding carboxylic acids is 1. The first kappa shape index (κ1) is 15.8. The number of nitrogens with zero attached hydrogens (tertiary/aromatic N) is 1. The largest absolute Gasteiger partial charge is 0.399 e. The molecule has 0 saturated heterocycles. The molecule has 0 saturated carbocycles. The van der Waals surface area contributed by atoms with E-state index in [9.17, 15) is 4.79 Å². The Hall–Kier alpha value is -2.59. The van der Waals surface area contributed by atoms with Gasteiger partial charge in [0.1, 0.15) is 0 Å². The molecule has 114 valence electrons. The summed E-state index contributed by atoms with van der Waals surface area (Å²) in [5.41, 5.74) is 8.83. The Labute approximate surface area is 130 Å². The Morgan fingerprint density at radius 2 is 1.77 bits per heavy atom. The van der Waals surface area contributed by atoms with Crippen molar-refractivity contribution in [3.05, 3.63) is 65.7 Å². The normalized spacial score (nSPS) is 10.8. The number of anilines is 2. The molecule has 0 aromatic heterocycles. The molecule has 4 nitrogen and oxygen atoms in total. The van der Waals surface area contributed by atoms with E-state index in [1.54, 1.807) is 36.4 Å². The summed E-state index contributed by atoms with van der Waals surface area (Å²) in [6.45, 7) is 0.707. The van der Waals surface area contributed by atoms with Crippen molar-refractivity contribution in [3.8, 4) is 0 Å². The standard InChI is InChI=1S/C18H20N2O2/c1-20(12-13-21)17-9-2-14(3-10-17)4-11-18(22)15-5-7-16(19)8-6-15/h2-11,21H,12-13,19H2,1H3/b11-4+. The maximum absolute atomic E-state index is 12.0. The summed E-state index contributed by atoms with van der Waals surface area (Å²) in [5, 5.41) is 8.93. The zero-order valence-electron chi connectivity index (χ0n) is 12.6. The van der Waals surface area contributed by atoms with Gasteiger partial charge in [0.25, 0.3) is 0 Å². The molecule has 0 aliphatic carbocycles. The molecule has 2 rings (SSSR count). The number of rotatable bonds is 6. The highest BCUT2D eigenvalue weighted by molar-refractivity contribution is 6.06. The maximum atomic E-state index is 12.0. The van der Waals surface area contributed by atoms with Crippen LogP contribution in [0.1, 0.15) is 15.9 Å². The molecule has 0 atom stereocenters. The molecule has 22 heavy (non-hydrogen) atoms. The second-order valence-corrected chi connectivity index (χ2v) is 5.06. The van der Waals surface area contributed by atoms with Crippen molar-refractivity contribution in [1.82, 2.24) is 0 Å². The SMILES string of the molecule is CN(CCO)c1ccc(/C=C/C(=O)c2ccc(N)cc2)cc1. The van der Waals surface area contributed by atoms with Gasteiger partial charge < -0.3 is 15.7 Å². The molecule has 0 bridgehead atoms. The predicted octanol–water partition coefficient (Wildman–Crippen LogP) is 2.59. The fourth-order valence-electron chi connectivity index (χ4n) is 2.03. The molecule has 0 radical (unpaired) electrons. The predicted molar refractivity (Wildman–Crippen MR) is 91.0 cm³/mol. The van der Waals surface area contributed by atoms with Gasteiger partial charge in [-0.3, -0.25) is 4.79 Å². The minimum absolute atomic E-state index is 0.0542. The van der Waals surface area contributed by atoms with Gasteiger partial charge in [0.2, 0.25) is 0 Å². The zero-order chi connectivity index (χ0) is 15.9. The Kier molecular flexibility index (Phi) is 5.33. The van der Waals surface area contributed by atoms with E-state index in [4.69, 9.17) is 10.8 Å². The minimum atomic E-state index is -0.0542. The molecule has 0 heterocycles. The van der Waals surface area contributed by atoms with Gasteiger partial charge in [-0.1, -0.05) is 18.2 Å². The molecule has 0 fully saturated rings. The number of hydrogen-bond donors (Lipinski definition) is 2. The van der Waals surface area contributed by atoms with Gasteiger partial charge in [0.15, 0.2) is 5.78 Å². The molecular weight excluding hydrogens is 276 g/mol. The fraction of sp³-hybridized carbons (Fsp3) is 0.167. The highest BCUT2D eigenvalue weighted by atomic mass is 16.3. The van der Waals surface area contributed by atoms with Gasteiger partial charge in [-0.05, 0) is 48.0 Å². The number of aliphatic hydroxyl groups is 1. The Morgan fingerprint density at radius 3 is 2.36 bits per heavy atom. The quantitative estimate of drug-likeness (QED) is 0.488. The number of ketones is 1. The van der Waals surface area contributed by atoms with Crippen LogP contribution in [-0.4, -0.2) is 31.1 Å². The Bertz CT molecular complexity index is 646. The smallest absolute Gasteiger partial charge is 0.185 e. The second-order valence-electron chi connectivity index (χ2n) is 5.06. The van der Waals surface area contributed by atoms with Crippen LogP contribution in [0, 0.1) is 0 Å². The van der Waals surface area contributed by atoms with Crippen LogP contribution < -0.4 is 10.6 Å². The topological polar surface area (TPSA) is 66.6 Å². The van der Waals surface area contributed by atoms with Crippen molar-refractivity contribution < 1.29 is 9.90 Å². The molecule has 0 unspecified atom stereocenters. The van der Waals surface area contributed by atoms with Crippen molar-refractivity contribution >= 4 is 23.2 Å². The number of benzene rings is 2. The molecule has 2 aromatic carbocycles. The van der Waals surface area contributed by atoms with Gasteiger partial charge in [0.05, 0.1) is 6.61 Å². The number of nitrogens with two attached hydrogens (primary N) is 1. The minimum Gasteiger partial charge on any atom is -0.399 e. The van der Waals surface area contributed by atoms with Crippen LogP contribution in [0.2, 0.25) is 0 Å². The van der Waals surface area contributed by atoms with Crippen LogP contribution in [0.15, 0.2) is 54.6 Å². The molecule has 2 aromatic rings. The highest BCUT2D eigenvalue weighted by Gasteiger charge is 2.02. The summed E-state index contributed by atoms with van der Waals surface area (Å²) >= 11 is 0. The lowest BCUT2D eigenvalue weighted by atomic mass is 10.1. The van der Waals surface area contributed by atoms with Crippen LogP contribution in [0.5, 0.6) is 0 Å². The molecular formula is C18H20N2O2. The van der Waals surface area contributed by atoms with Crippen LogP contribution in [-0.2, 0) is 0 Å². The van der Waals surface area contributed by atoms with Gasteiger partial charge in [-0.15, -0.1) is 0 Å². The second kappa shape index (κ2) is 7.43. The lowest BCUT2D eigenvalue weighted by Gasteiger charge is -2.17. The lowest BCUT2D eigenvalue weighted by molar-refractivity contribution is 0.104. The number of nitrogen functional groups attached to an aromatic ring is 1. The number of hydrogen-bond acceptors (Lipinski definition) is 4. The Balaban J connectivity index is 2.03. The summed E-state index contributed by atoms with van der Waals surface area (Å²) in [6.07, 6.45) is 3.34. The summed E-state index contributed by atoms with van der Waals surface area (Å²) in [4.78, 5) is 14.0. The number of carbonyl (C=O) groups is 1. The highest BCUT2D eigenvalue weighted by Crippen LogP contribution is 2.15. The summed E-state index contributed by atoms with van der Waals surface area (Å²) in [5.74, 6) is -0.0542. The van der Waals surface area contributed by atoms with Crippen molar-refractivity contribution in [3.63, 3.8) is 0 Å². The zero-order valence-corrected chi connectivity index (χ0v) is 12.6. The molecule has 0 aliphatic heterocycles. The van der Waals surface area contributed by atoms with Crippen LogP contribution >= 0.6 is 0 Å². The fourth-order valence-corrected chi connectivity index (χ4v) is 2.03. The van der Waals surface area contributed by atoms with Crippen molar-refractivity contribution in [1.29, 1.82) is 0 Å². The van der Waals surface area contributed by atoms with Crippen LogP contribution in [0.3, 0.4) is 0 Å². The third-order valence-electron chi connectivity index (χ3n) is 3.39. The van der Waals surface area contributed by atoms with E-state index in [1.165, 1.54) is 0 Å². The molecule has 4 heteroatoms. The molecule has 3 N–H and O–H groups in total. The molecule has 0 spiro atoms. The van der Waals surface area contributed by atoms with Crippen LogP contribution in [0.4, 0.5) is 11.4 Å². The Morgan fingerprint density at radius 1 is 1.14 bits per heavy atom. The average Bonchev–Trinajstić information content (AvgIpc) is 2.54. The molecule has 0 amide bonds. The van der Waals surface area contributed by atoms with E-state index < -0.39 is 0 Å². The molecule has 0 aliphatic rings. The number of allylic oxidation sites excluding steroid dienone is 1. The van der Waals surface area contributed by atoms with E-state index in [0.717, 1.165) is 11.3 Å². The summed E-state index contributed by atoms with van der Waals surface area (Å²) in [7, 11) is 1.92. The van der Waals surface area contributed by atoms with E-state index in [-0.39, 0.29) is 12.4 Å². The monoisotopic (exact) mass is 296 g/mol. The van der Waals surface area contributed by atoms with Crippen molar-refractivity contribution in [2.24, 2.45) is 0 Å². The van der Waals surface area contributed by atoms with Gasteiger partial charge in [-0.25, -0.2) is 0 Å². The first-order valence-corrected chi connectivity index (χ1v) is 7.10. The third-order valence-corrected chi connectivity index (χ3v) is 3.39. The van der Waals surface area contributed by atoms with E-state index in [1.807, 2.05) is 36.2 Å². The first-order chi connectivity index (χ1) is 10.6. The van der Waals surface area contributed by atoms with E-state index in [2.05, 4.69) is 0 Å². The van der Waals surface area contributed by atoms with Gasteiger partial charge >= 0.3 is 0 Å². The summed E-state index contributed by atoms with van der Waals surface area (Å²) < 4.78 is 0. The van der Waals surface area contributed by atoms with E-state index >= 15 is 0 Å².